The summed E-state index contributed by atoms with van der Waals surface area (Å²) in [4.78, 5) is 34.1. The molecule has 2 unspecified atom stereocenters. The zero-order valence-electron chi connectivity index (χ0n) is 11.0. The van der Waals surface area contributed by atoms with Crippen LogP contribution in [-0.2, 0) is 19.1 Å². The monoisotopic (exact) mass is 272 g/mol. The molecular weight excluding hydrogens is 252 g/mol. The van der Waals surface area contributed by atoms with Gasteiger partial charge in [-0.25, -0.2) is 0 Å². The van der Waals surface area contributed by atoms with Gasteiger partial charge in [-0.3, -0.25) is 14.4 Å². The maximum absolute atomic E-state index is 11.8. The summed E-state index contributed by atoms with van der Waals surface area (Å²) in [6.45, 7) is 0.654. The van der Waals surface area contributed by atoms with E-state index in [0.717, 1.165) is 6.42 Å². The maximum Gasteiger partial charge on any atom is 0.307 e. The van der Waals surface area contributed by atoms with Gasteiger partial charge in [-0.1, -0.05) is 6.42 Å². The number of carboxylic acid groups (broad SMARTS) is 1. The summed E-state index contributed by atoms with van der Waals surface area (Å²) in [6, 6.07) is 0. The van der Waals surface area contributed by atoms with Crippen LogP contribution < -0.4 is 10.6 Å². The smallest absolute Gasteiger partial charge is 0.307 e. The lowest BCUT2D eigenvalue weighted by atomic mass is 9.95. The molecule has 1 saturated carbocycles. The average molecular weight is 272 g/mol. The predicted octanol–water partition coefficient (Wildman–Crippen LogP) is -0.634. The minimum atomic E-state index is -0.942. The first-order valence-electron chi connectivity index (χ1n) is 6.32. The van der Waals surface area contributed by atoms with Crippen LogP contribution in [0.3, 0.4) is 0 Å². The first-order chi connectivity index (χ1) is 9.06. The number of nitrogens with one attached hydrogen (secondary N) is 2. The minimum absolute atomic E-state index is 0.134. The zero-order valence-corrected chi connectivity index (χ0v) is 11.0. The van der Waals surface area contributed by atoms with Crippen LogP contribution in [0.4, 0.5) is 0 Å². The fourth-order valence-electron chi connectivity index (χ4n) is 2.22. The Labute approximate surface area is 111 Å². The van der Waals surface area contributed by atoms with Crippen LogP contribution in [0.25, 0.3) is 0 Å². The molecule has 0 saturated heterocycles. The molecular formula is C12H20N2O5. The van der Waals surface area contributed by atoms with Gasteiger partial charge in [0.25, 0.3) is 0 Å². The van der Waals surface area contributed by atoms with E-state index < -0.39 is 17.8 Å². The minimum Gasteiger partial charge on any atom is -0.481 e. The third-order valence-electron chi connectivity index (χ3n) is 3.22. The van der Waals surface area contributed by atoms with Gasteiger partial charge < -0.3 is 20.5 Å². The molecule has 0 aromatic carbocycles. The fourth-order valence-corrected chi connectivity index (χ4v) is 2.22. The Bertz CT molecular complexity index is 345. The first kappa shape index (κ1) is 15.4. The number of carbonyl (C=O) groups is 3. The summed E-state index contributed by atoms with van der Waals surface area (Å²) < 4.78 is 4.77. The Morgan fingerprint density at radius 2 is 1.89 bits per heavy atom. The van der Waals surface area contributed by atoms with Crippen molar-refractivity contribution in [3.8, 4) is 0 Å². The van der Waals surface area contributed by atoms with Crippen LogP contribution in [0.5, 0.6) is 0 Å². The molecule has 1 fully saturated rings. The molecule has 0 aliphatic heterocycles. The largest absolute Gasteiger partial charge is 0.481 e. The van der Waals surface area contributed by atoms with Gasteiger partial charge in [0, 0.05) is 13.7 Å². The summed E-state index contributed by atoms with van der Waals surface area (Å²) >= 11 is 0. The van der Waals surface area contributed by atoms with Crippen LogP contribution in [0.2, 0.25) is 0 Å². The third-order valence-corrected chi connectivity index (χ3v) is 3.22. The lowest BCUT2D eigenvalue weighted by Gasteiger charge is -2.15. The number of hydrogen-bond acceptors (Lipinski definition) is 4. The molecule has 1 rings (SSSR count). The number of rotatable bonds is 7. The molecule has 0 heterocycles. The van der Waals surface area contributed by atoms with Gasteiger partial charge in [0.2, 0.25) is 11.8 Å². The molecule has 0 bridgehead atoms. The molecule has 19 heavy (non-hydrogen) atoms. The molecule has 3 N–H and O–H groups in total. The number of methoxy groups -OCH3 is 1. The predicted molar refractivity (Wildman–Crippen MR) is 66.4 cm³/mol. The van der Waals surface area contributed by atoms with Crippen LogP contribution in [0.1, 0.15) is 19.3 Å². The summed E-state index contributed by atoms with van der Waals surface area (Å²) in [6.07, 6.45) is 1.82. The highest BCUT2D eigenvalue weighted by Gasteiger charge is 2.37. The molecule has 108 valence electrons. The fraction of sp³-hybridized carbons (Fsp3) is 0.750. The SMILES string of the molecule is COCCNC(=O)CNC(=O)C1CCCC1C(=O)O. The molecule has 2 atom stereocenters. The Hall–Kier alpha value is -1.63. The summed E-state index contributed by atoms with van der Waals surface area (Å²) in [5.74, 6) is -2.76. The lowest BCUT2D eigenvalue weighted by Crippen LogP contribution is -2.42. The molecule has 0 aromatic rings. The molecule has 2 amide bonds. The van der Waals surface area contributed by atoms with E-state index >= 15 is 0 Å². The molecule has 1 aliphatic rings. The number of aliphatic carboxylic acids is 1. The summed E-state index contributed by atoms with van der Waals surface area (Å²) in [5.41, 5.74) is 0. The Kier molecular flexibility index (Phi) is 6.27. The van der Waals surface area contributed by atoms with Gasteiger partial charge in [0.1, 0.15) is 0 Å². The van der Waals surface area contributed by atoms with Gasteiger partial charge in [0.05, 0.1) is 25.0 Å². The topological polar surface area (TPSA) is 105 Å². The maximum atomic E-state index is 11.8. The second-order valence-electron chi connectivity index (χ2n) is 4.54. The van der Waals surface area contributed by atoms with E-state index in [0.29, 0.717) is 26.0 Å². The molecule has 0 radical (unpaired) electrons. The van der Waals surface area contributed by atoms with Gasteiger partial charge >= 0.3 is 5.97 Å². The van der Waals surface area contributed by atoms with E-state index in [4.69, 9.17) is 9.84 Å². The second-order valence-corrected chi connectivity index (χ2v) is 4.54. The molecule has 0 aromatic heterocycles. The number of carboxylic acids is 1. The summed E-state index contributed by atoms with van der Waals surface area (Å²) in [7, 11) is 1.53. The highest BCUT2D eigenvalue weighted by molar-refractivity contribution is 5.88. The van der Waals surface area contributed by atoms with Crippen molar-refractivity contribution in [1.82, 2.24) is 10.6 Å². The van der Waals surface area contributed by atoms with Gasteiger partial charge in [-0.15, -0.1) is 0 Å². The normalized spacial score (nSPS) is 21.9. The van der Waals surface area contributed by atoms with Crippen molar-refractivity contribution in [2.75, 3.05) is 26.8 Å². The van der Waals surface area contributed by atoms with Crippen LogP contribution in [-0.4, -0.2) is 49.7 Å². The Morgan fingerprint density at radius 3 is 2.53 bits per heavy atom. The van der Waals surface area contributed by atoms with Crippen molar-refractivity contribution in [3.63, 3.8) is 0 Å². The van der Waals surface area contributed by atoms with E-state index in [1.807, 2.05) is 0 Å². The lowest BCUT2D eigenvalue weighted by molar-refractivity contribution is -0.146. The van der Waals surface area contributed by atoms with Crippen LogP contribution >= 0.6 is 0 Å². The van der Waals surface area contributed by atoms with E-state index in [1.165, 1.54) is 7.11 Å². The second kappa shape index (κ2) is 7.73. The highest BCUT2D eigenvalue weighted by atomic mass is 16.5. The van der Waals surface area contributed by atoms with Crippen molar-refractivity contribution in [3.05, 3.63) is 0 Å². The van der Waals surface area contributed by atoms with Crippen LogP contribution in [0.15, 0.2) is 0 Å². The van der Waals surface area contributed by atoms with Gasteiger partial charge in [0.15, 0.2) is 0 Å². The molecule has 7 heteroatoms. The number of carbonyl (C=O) groups excluding carboxylic acids is 2. The number of ether oxygens (including phenoxy) is 1. The zero-order chi connectivity index (χ0) is 14.3. The highest BCUT2D eigenvalue weighted by Crippen LogP contribution is 2.31. The standard InChI is InChI=1S/C12H20N2O5/c1-19-6-5-13-10(15)7-14-11(16)8-3-2-4-9(8)12(17)18/h8-9H,2-7H2,1H3,(H,13,15)(H,14,16)(H,17,18). The number of hydrogen-bond donors (Lipinski definition) is 3. The van der Waals surface area contributed by atoms with Gasteiger partial charge in [-0.2, -0.15) is 0 Å². The Morgan fingerprint density at radius 1 is 1.21 bits per heavy atom. The number of amides is 2. The van der Waals surface area contributed by atoms with E-state index in [9.17, 15) is 14.4 Å². The first-order valence-corrected chi connectivity index (χ1v) is 6.32. The van der Waals surface area contributed by atoms with E-state index in [1.54, 1.807) is 0 Å². The quantitative estimate of drug-likeness (QED) is 0.535. The van der Waals surface area contributed by atoms with Crippen molar-refractivity contribution >= 4 is 17.8 Å². The molecule has 7 nitrogen and oxygen atoms in total. The van der Waals surface area contributed by atoms with Crippen molar-refractivity contribution in [2.45, 2.75) is 19.3 Å². The van der Waals surface area contributed by atoms with E-state index in [2.05, 4.69) is 10.6 Å². The van der Waals surface area contributed by atoms with Crippen molar-refractivity contribution in [2.24, 2.45) is 11.8 Å². The van der Waals surface area contributed by atoms with Crippen molar-refractivity contribution in [1.29, 1.82) is 0 Å². The Balaban J connectivity index is 2.30. The average Bonchev–Trinajstić information content (AvgIpc) is 2.85. The van der Waals surface area contributed by atoms with E-state index in [-0.39, 0.29) is 18.4 Å². The van der Waals surface area contributed by atoms with Gasteiger partial charge in [-0.05, 0) is 12.8 Å². The third kappa shape index (κ3) is 4.86. The molecule has 0 spiro atoms. The van der Waals surface area contributed by atoms with Crippen LogP contribution in [0, 0.1) is 11.8 Å². The van der Waals surface area contributed by atoms with Crippen molar-refractivity contribution < 1.29 is 24.2 Å². The molecule has 1 aliphatic carbocycles. The summed E-state index contributed by atoms with van der Waals surface area (Å²) in [5, 5.41) is 14.0.